The molecule has 5 nitrogen and oxygen atoms in total. The van der Waals surface area contributed by atoms with Gasteiger partial charge in [-0.05, 0) is 50.8 Å². The number of hydrogen-bond donors (Lipinski definition) is 2. The topological polar surface area (TPSA) is 67.2 Å². The Labute approximate surface area is 130 Å². The molecule has 22 heavy (non-hydrogen) atoms. The van der Waals surface area contributed by atoms with Gasteiger partial charge in [0.05, 0.1) is 11.8 Å². The molecule has 0 unspecified atom stereocenters. The number of nitrogens with one attached hydrogen (secondary N) is 1. The van der Waals surface area contributed by atoms with Crippen LogP contribution in [0.25, 0.3) is 5.69 Å². The summed E-state index contributed by atoms with van der Waals surface area (Å²) < 4.78 is 1.78. The minimum atomic E-state index is -0.215. The number of aryl methyl sites for hydroxylation is 1. The minimum absolute atomic E-state index is 0.137. The summed E-state index contributed by atoms with van der Waals surface area (Å²) in [4.78, 5) is 12.3. The van der Waals surface area contributed by atoms with Gasteiger partial charge in [-0.3, -0.25) is 4.79 Å². The number of carbonyl (C=O) groups excluding carboxylic acids is 1. The Morgan fingerprint density at radius 2 is 1.91 bits per heavy atom. The van der Waals surface area contributed by atoms with Gasteiger partial charge in [0.2, 0.25) is 0 Å². The van der Waals surface area contributed by atoms with E-state index in [-0.39, 0.29) is 18.1 Å². The van der Waals surface area contributed by atoms with Crippen molar-refractivity contribution in [2.75, 3.05) is 0 Å². The van der Waals surface area contributed by atoms with Crippen LogP contribution >= 0.6 is 0 Å². The van der Waals surface area contributed by atoms with Crippen LogP contribution in [0, 0.1) is 6.92 Å². The summed E-state index contributed by atoms with van der Waals surface area (Å²) in [5.41, 5.74) is 2.31. The molecule has 1 aromatic heterocycles. The zero-order valence-electron chi connectivity index (χ0n) is 12.7. The number of amides is 1. The molecule has 0 bridgehead atoms. The van der Waals surface area contributed by atoms with E-state index in [4.69, 9.17) is 0 Å². The van der Waals surface area contributed by atoms with E-state index < -0.39 is 0 Å². The average Bonchev–Trinajstić information content (AvgIpc) is 2.92. The highest BCUT2D eigenvalue weighted by atomic mass is 16.3. The molecule has 2 aromatic rings. The largest absolute Gasteiger partial charge is 0.393 e. The van der Waals surface area contributed by atoms with Crippen LogP contribution in [-0.2, 0) is 0 Å². The van der Waals surface area contributed by atoms with Crippen LogP contribution in [0.5, 0.6) is 0 Å². The van der Waals surface area contributed by atoms with Gasteiger partial charge in [-0.2, -0.15) is 5.10 Å². The SMILES string of the molecule is Cc1cc(C(=O)NC2CCC(O)CC2)nn1-c1ccccc1. The highest BCUT2D eigenvalue weighted by molar-refractivity contribution is 5.92. The van der Waals surface area contributed by atoms with Crippen molar-refractivity contribution >= 4 is 5.91 Å². The second-order valence-corrected chi connectivity index (χ2v) is 5.90. The second-order valence-electron chi connectivity index (χ2n) is 5.90. The van der Waals surface area contributed by atoms with Crippen LogP contribution in [-0.4, -0.2) is 32.9 Å². The fourth-order valence-electron chi connectivity index (χ4n) is 2.90. The number of hydrogen-bond acceptors (Lipinski definition) is 3. The molecule has 5 heteroatoms. The quantitative estimate of drug-likeness (QED) is 0.913. The average molecular weight is 299 g/mol. The van der Waals surface area contributed by atoms with Crippen LogP contribution in [0.3, 0.4) is 0 Å². The molecule has 1 aliphatic carbocycles. The number of rotatable bonds is 3. The molecule has 3 rings (SSSR count). The smallest absolute Gasteiger partial charge is 0.272 e. The lowest BCUT2D eigenvalue weighted by Gasteiger charge is -2.25. The zero-order chi connectivity index (χ0) is 15.5. The van der Waals surface area contributed by atoms with Gasteiger partial charge in [0.1, 0.15) is 0 Å². The Bertz CT molecular complexity index is 643. The minimum Gasteiger partial charge on any atom is -0.393 e. The van der Waals surface area contributed by atoms with Gasteiger partial charge in [-0.1, -0.05) is 18.2 Å². The van der Waals surface area contributed by atoms with Crippen LogP contribution in [0.15, 0.2) is 36.4 Å². The maximum atomic E-state index is 12.3. The first-order chi connectivity index (χ1) is 10.6. The molecule has 0 radical (unpaired) electrons. The molecule has 0 atom stereocenters. The van der Waals surface area contributed by atoms with E-state index in [2.05, 4.69) is 10.4 Å². The monoisotopic (exact) mass is 299 g/mol. The van der Waals surface area contributed by atoms with Gasteiger partial charge < -0.3 is 10.4 Å². The summed E-state index contributed by atoms with van der Waals surface area (Å²) in [5.74, 6) is -0.140. The van der Waals surface area contributed by atoms with E-state index in [0.29, 0.717) is 5.69 Å². The molecule has 2 N–H and O–H groups in total. The van der Waals surface area contributed by atoms with E-state index in [1.807, 2.05) is 37.3 Å². The Hall–Kier alpha value is -2.14. The van der Waals surface area contributed by atoms with Gasteiger partial charge >= 0.3 is 0 Å². The lowest BCUT2D eigenvalue weighted by atomic mass is 9.93. The number of aliphatic hydroxyl groups is 1. The molecule has 0 spiro atoms. The number of para-hydroxylation sites is 1. The first-order valence-corrected chi connectivity index (χ1v) is 7.74. The standard InChI is InChI=1S/C17H21N3O2/c1-12-11-16(19-20(12)14-5-3-2-4-6-14)17(22)18-13-7-9-15(21)10-8-13/h2-6,11,13,15,21H,7-10H2,1H3,(H,18,22). The van der Waals surface area contributed by atoms with Crippen molar-refractivity contribution in [1.82, 2.24) is 15.1 Å². The van der Waals surface area contributed by atoms with E-state index in [0.717, 1.165) is 37.1 Å². The molecule has 1 fully saturated rings. The predicted molar refractivity (Wildman–Crippen MR) is 84.0 cm³/mol. The van der Waals surface area contributed by atoms with E-state index in [1.54, 1.807) is 10.7 Å². The summed E-state index contributed by atoms with van der Waals surface area (Å²) in [5, 5.41) is 17.0. The second kappa shape index (κ2) is 6.32. The van der Waals surface area contributed by atoms with Gasteiger partial charge in [0.15, 0.2) is 5.69 Å². The summed E-state index contributed by atoms with van der Waals surface area (Å²) >= 11 is 0. The number of nitrogens with zero attached hydrogens (tertiary/aromatic N) is 2. The highest BCUT2D eigenvalue weighted by Gasteiger charge is 2.22. The Morgan fingerprint density at radius 1 is 1.23 bits per heavy atom. The summed E-state index contributed by atoms with van der Waals surface area (Å²) in [6.45, 7) is 1.94. The molecule has 1 amide bonds. The molecule has 0 aliphatic heterocycles. The molecule has 1 aliphatic rings. The lowest BCUT2D eigenvalue weighted by Crippen LogP contribution is -2.38. The fraction of sp³-hybridized carbons (Fsp3) is 0.412. The van der Waals surface area contributed by atoms with Crippen LogP contribution in [0.4, 0.5) is 0 Å². The van der Waals surface area contributed by atoms with Gasteiger partial charge in [-0.25, -0.2) is 4.68 Å². The molecular formula is C17H21N3O2. The fourth-order valence-corrected chi connectivity index (χ4v) is 2.90. The highest BCUT2D eigenvalue weighted by Crippen LogP contribution is 2.19. The van der Waals surface area contributed by atoms with Crippen molar-refractivity contribution in [3.63, 3.8) is 0 Å². The lowest BCUT2D eigenvalue weighted by molar-refractivity contribution is 0.0863. The Balaban J connectivity index is 1.71. The van der Waals surface area contributed by atoms with Gasteiger partial charge in [-0.15, -0.1) is 0 Å². The summed E-state index contributed by atoms with van der Waals surface area (Å²) in [6, 6.07) is 11.7. The number of carbonyl (C=O) groups is 1. The van der Waals surface area contributed by atoms with Crippen LogP contribution in [0.2, 0.25) is 0 Å². The molecule has 1 heterocycles. The van der Waals surface area contributed by atoms with Crippen molar-refractivity contribution in [1.29, 1.82) is 0 Å². The van der Waals surface area contributed by atoms with Crippen LogP contribution < -0.4 is 5.32 Å². The molecule has 1 saturated carbocycles. The van der Waals surface area contributed by atoms with Crippen molar-refractivity contribution in [3.05, 3.63) is 47.8 Å². The number of aromatic nitrogens is 2. The third-order valence-corrected chi connectivity index (χ3v) is 4.15. The number of benzene rings is 1. The van der Waals surface area contributed by atoms with Crippen LogP contribution in [0.1, 0.15) is 41.9 Å². The maximum absolute atomic E-state index is 12.3. The third kappa shape index (κ3) is 3.20. The van der Waals surface area contributed by atoms with E-state index in [1.165, 1.54) is 0 Å². The van der Waals surface area contributed by atoms with Crippen molar-refractivity contribution < 1.29 is 9.90 Å². The van der Waals surface area contributed by atoms with Gasteiger partial charge in [0.25, 0.3) is 5.91 Å². The van der Waals surface area contributed by atoms with E-state index >= 15 is 0 Å². The first-order valence-electron chi connectivity index (χ1n) is 7.74. The maximum Gasteiger partial charge on any atom is 0.272 e. The van der Waals surface area contributed by atoms with Gasteiger partial charge in [0, 0.05) is 11.7 Å². The third-order valence-electron chi connectivity index (χ3n) is 4.15. The molecule has 116 valence electrons. The Kier molecular flexibility index (Phi) is 4.24. The Morgan fingerprint density at radius 3 is 2.59 bits per heavy atom. The van der Waals surface area contributed by atoms with E-state index in [9.17, 15) is 9.90 Å². The first kappa shape index (κ1) is 14.8. The number of aliphatic hydroxyl groups excluding tert-OH is 1. The molecular weight excluding hydrogens is 278 g/mol. The molecule has 1 aromatic carbocycles. The predicted octanol–water partition coefficient (Wildman–Crippen LogP) is 2.21. The summed E-state index contributed by atoms with van der Waals surface area (Å²) in [6.07, 6.45) is 2.94. The zero-order valence-corrected chi connectivity index (χ0v) is 12.7. The van der Waals surface area contributed by atoms with Crippen molar-refractivity contribution in [2.45, 2.75) is 44.8 Å². The molecule has 0 saturated heterocycles. The normalized spacial score (nSPS) is 21.5. The van der Waals surface area contributed by atoms with Crippen molar-refractivity contribution in [2.24, 2.45) is 0 Å². The summed E-state index contributed by atoms with van der Waals surface area (Å²) in [7, 11) is 0. The van der Waals surface area contributed by atoms with Crippen molar-refractivity contribution in [3.8, 4) is 5.69 Å².